The number of aromatic nitrogens is 1. The Hall–Kier alpha value is -2.08. The van der Waals surface area contributed by atoms with E-state index in [1.165, 1.54) is 5.56 Å². The predicted molar refractivity (Wildman–Crippen MR) is 86.8 cm³/mol. The first kappa shape index (κ1) is 15.3. The standard InChI is InChI=1S/C15H20N4OS/c1-3-16-15(19-10-13-5-7-21-11-13)18-9-12-4-6-17-14(8-12)20-2/h4-8,11H,3,9-10H2,1-2H3,(H2,16,18,19). The summed E-state index contributed by atoms with van der Waals surface area (Å²) in [5, 5.41) is 10.7. The molecule has 2 aromatic heterocycles. The lowest BCUT2D eigenvalue weighted by Crippen LogP contribution is -2.36. The first-order chi connectivity index (χ1) is 10.3. The van der Waals surface area contributed by atoms with Gasteiger partial charge in [-0.25, -0.2) is 9.98 Å². The maximum atomic E-state index is 5.12. The summed E-state index contributed by atoms with van der Waals surface area (Å²) in [5.41, 5.74) is 2.32. The second kappa shape index (κ2) is 8.26. The molecule has 0 aliphatic carbocycles. The summed E-state index contributed by atoms with van der Waals surface area (Å²) in [6.07, 6.45) is 1.74. The summed E-state index contributed by atoms with van der Waals surface area (Å²) in [6.45, 7) is 4.24. The fraction of sp³-hybridized carbons (Fsp3) is 0.333. The third kappa shape index (κ3) is 5.07. The molecule has 0 radical (unpaired) electrons. The molecule has 0 aromatic carbocycles. The van der Waals surface area contributed by atoms with Crippen molar-refractivity contribution in [3.05, 3.63) is 46.3 Å². The Morgan fingerprint density at radius 1 is 1.33 bits per heavy atom. The third-order valence-corrected chi connectivity index (χ3v) is 3.54. The summed E-state index contributed by atoms with van der Waals surface area (Å²) in [7, 11) is 1.62. The van der Waals surface area contributed by atoms with Gasteiger partial charge in [0.1, 0.15) is 0 Å². The quantitative estimate of drug-likeness (QED) is 0.635. The predicted octanol–water partition coefficient (Wildman–Crippen LogP) is 2.41. The summed E-state index contributed by atoms with van der Waals surface area (Å²) in [4.78, 5) is 8.66. The lowest BCUT2D eigenvalue weighted by molar-refractivity contribution is 0.397. The molecular formula is C15H20N4OS. The molecule has 0 unspecified atom stereocenters. The SMILES string of the molecule is CCNC(=NCc1ccsc1)NCc1ccnc(OC)c1. The zero-order valence-corrected chi connectivity index (χ0v) is 13.1. The van der Waals surface area contributed by atoms with Crippen molar-refractivity contribution < 1.29 is 4.74 Å². The smallest absolute Gasteiger partial charge is 0.213 e. The summed E-state index contributed by atoms with van der Waals surface area (Å²) >= 11 is 1.69. The molecule has 0 spiro atoms. The van der Waals surface area contributed by atoms with Gasteiger partial charge in [-0.15, -0.1) is 0 Å². The molecule has 6 heteroatoms. The first-order valence-corrected chi connectivity index (χ1v) is 7.78. The highest BCUT2D eigenvalue weighted by atomic mass is 32.1. The Bertz CT molecular complexity index is 569. The van der Waals surface area contributed by atoms with Gasteiger partial charge < -0.3 is 15.4 Å². The fourth-order valence-corrected chi connectivity index (χ4v) is 2.41. The molecule has 5 nitrogen and oxygen atoms in total. The van der Waals surface area contributed by atoms with E-state index in [1.54, 1.807) is 24.6 Å². The van der Waals surface area contributed by atoms with Crippen molar-refractivity contribution in [2.24, 2.45) is 4.99 Å². The Balaban J connectivity index is 1.94. The number of nitrogens with one attached hydrogen (secondary N) is 2. The van der Waals surface area contributed by atoms with Gasteiger partial charge in [-0.05, 0) is 40.9 Å². The lowest BCUT2D eigenvalue weighted by atomic mass is 10.2. The van der Waals surface area contributed by atoms with Crippen LogP contribution in [0.2, 0.25) is 0 Å². The number of aliphatic imine (C=N–C) groups is 1. The average Bonchev–Trinajstić information content (AvgIpc) is 3.03. The molecule has 0 atom stereocenters. The van der Waals surface area contributed by atoms with Gasteiger partial charge in [0, 0.05) is 25.4 Å². The van der Waals surface area contributed by atoms with Crippen molar-refractivity contribution in [1.29, 1.82) is 0 Å². The molecular weight excluding hydrogens is 284 g/mol. The molecule has 0 amide bonds. The highest BCUT2D eigenvalue weighted by Gasteiger charge is 2.00. The summed E-state index contributed by atoms with van der Waals surface area (Å²) in [6, 6.07) is 5.96. The first-order valence-electron chi connectivity index (χ1n) is 6.84. The molecule has 21 heavy (non-hydrogen) atoms. The number of nitrogens with zero attached hydrogens (tertiary/aromatic N) is 2. The monoisotopic (exact) mass is 304 g/mol. The van der Waals surface area contributed by atoms with Crippen LogP contribution in [0.25, 0.3) is 0 Å². The van der Waals surface area contributed by atoms with E-state index in [4.69, 9.17) is 4.74 Å². The van der Waals surface area contributed by atoms with Crippen molar-refractivity contribution >= 4 is 17.3 Å². The number of methoxy groups -OCH3 is 1. The second-order valence-corrected chi connectivity index (χ2v) is 5.17. The van der Waals surface area contributed by atoms with Crippen molar-refractivity contribution in [3.63, 3.8) is 0 Å². The molecule has 112 valence electrons. The van der Waals surface area contributed by atoms with E-state index in [1.807, 2.05) is 12.1 Å². The maximum Gasteiger partial charge on any atom is 0.213 e. The Morgan fingerprint density at radius 2 is 2.24 bits per heavy atom. The molecule has 2 aromatic rings. The van der Waals surface area contributed by atoms with Gasteiger partial charge in [0.15, 0.2) is 5.96 Å². The summed E-state index contributed by atoms with van der Waals surface area (Å²) in [5.74, 6) is 1.42. The van der Waals surface area contributed by atoms with Gasteiger partial charge in [0.2, 0.25) is 5.88 Å². The van der Waals surface area contributed by atoms with Crippen LogP contribution in [-0.4, -0.2) is 24.6 Å². The van der Waals surface area contributed by atoms with E-state index >= 15 is 0 Å². The Morgan fingerprint density at radius 3 is 2.95 bits per heavy atom. The van der Waals surface area contributed by atoms with Gasteiger partial charge >= 0.3 is 0 Å². The second-order valence-electron chi connectivity index (χ2n) is 4.39. The van der Waals surface area contributed by atoms with Crippen LogP contribution < -0.4 is 15.4 Å². The topological polar surface area (TPSA) is 58.5 Å². The van der Waals surface area contributed by atoms with Crippen LogP contribution in [-0.2, 0) is 13.1 Å². The Labute approximate surface area is 129 Å². The number of pyridine rings is 1. The minimum atomic E-state index is 0.620. The molecule has 0 saturated heterocycles. The van der Waals surface area contributed by atoms with Crippen LogP contribution in [0, 0.1) is 0 Å². The third-order valence-electron chi connectivity index (χ3n) is 2.81. The van der Waals surface area contributed by atoms with Crippen molar-refractivity contribution in [3.8, 4) is 5.88 Å². The molecule has 0 bridgehead atoms. The highest BCUT2D eigenvalue weighted by molar-refractivity contribution is 7.07. The maximum absolute atomic E-state index is 5.12. The van der Waals surface area contributed by atoms with Crippen molar-refractivity contribution in [2.75, 3.05) is 13.7 Å². The minimum absolute atomic E-state index is 0.620. The molecule has 0 aliphatic rings. The van der Waals surface area contributed by atoms with Crippen LogP contribution >= 0.6 is 11.3 Å². The number of ether oxygens (including phenoxy) is 1. The van der Waals surface area contributed by atoms with E-state index in [-0.39, 0.29) is 0 Å². The van der Waals surface area contributed by atoms with Crippen LogP contribution in [0.1, 0.15) is 18.1 Å². The normalized spacial score (nSPS) is 11.2. The van der Waals surface area contributed by atoms with Gasteiger partial charge in [-0.3, -0.25) is 0 Å². The van der Waals surface area contributed by atoms with Crippen molar-refractivity contribution in [2.45, 2.75) is 20.0 Å². The van der Waals surface area contributed by atoms with Gasteiger partial charge in [0.05, 0.1) is 13.7 Å². The lowest BCUT2D eigenvalue weighted by Gasteiger charge is -2.11. The van der Waals surface area contributed by atoms with E-state index in [9.17, 15) is 0 Å². The number of hydrogen-bond donors (Lipinski definition) is 2. The van der Waals surface area contributed by atoms with Crippen LogP contribution in [0.4, 0.5) is 0 Å². The number of hydrogen-bond acceptors (Lipinski definition) is 4. The van der Waals surface area contributed by atoms with E-state index in [0.717, 1.165) is 18.1 Å². The zero-order chi connectivity index (χ0) is 14.9. The highest BCUT2D eigenvalue weighted by Crippen LogP contribution is 2.08. The van der Waals surface area contributed by atoms with Crippen LogP contribution in [0.5, 0.6) is 5.88 Å². The van der Waals surface area contributed by atoms with E-state index in [2.05, 4.69) is 44.4 Å². The molecule has 0 aliphatic heterocycles. The molecule has 0 saturated carbocycles. The van der Waals surface area contributed by atoms with E-state index in [0.29, 0.717) is 19.0 Å². The molecule has 0 fully saturated rings. The largest absolute Gasteiger partial charge is 0.481 e. The number of thiophene rings is 1. The van der Waals surface area contributed by atoms with E-state index < -0.39 is 0 Å². The zero-order valence-electron chi connectivity index (χ0n) is 12.3. The average molecular weight is 304 g/mol. The van der Waals surface area contributed by atoms with Gasteiger partial charge in [-0.1, -0.05) is 0 Å². The molecule has 2 rings (SSSR count). The molecule has 2 heterocycles. The minimum Gasteiger partial charge on any atom is -0.481 e. The molecule has 2 N–H and O–H groups in total. The fourth-order valence-electron chi connectivity index (χ4n) is 1.75. The summed E-state index contributed by atoms with van der Waals surface area (Å²) < 4.78 is 5.12. The van der Waals surface area contributed by atoms with Gasteiger partial charge in [-0.2, -0.15) is 11.3 Å². The van der Waals surface area contributed by atoms with Crippen molar-refractivity contribution in [1.82, 2.24) is 15.6 Å². The van der Waals surface area contributed by atoms with Gasteiger partial charge in [0.25, 0.3) is 0 Å². The Kier molecular flexibility index (Phi) is 6.02. The van der Waals surface area contributed by atoms with Crippen LogP contribution in [0.15, 0.2) is 40.1 Å². The number of rotatable bonds is 6. The number of guanidine groups is 1. The van der Waals surface area contributed by atoms with Crippen LogP contribution in [0.3, 0.4) is 0 Å².